The van der Waals surface area contributed by atoms with Gasteiger partial charge in [-0.05, 0) is 52.3 Å². The number of carbonyl (C=O) groups excluding carboxylic acids is 1. The predicted molar refractivity (Wildman–Crippen MR) is 85.3 cm³/mol. The molecule has 3 atom stereocenters. The Morgan fingerprint density at radius 2 is 2.10 bits per heavy atom. The molecule has 2 heterocycles. The minimum Gasteiger partial charge on any atom is -0.390 e. The van der Waals surface area contributed by atoms with Crippen molar-refractivity contribution in [3.63, 3.8) is 0 Å². The SMILES string of the molecule is CCC(=O)C1=C(c2ccc(I)cc2)CC2CC(O)[C@@H]1O2. The van der Waals surface area contributed by atoms with Gasteiger partial charge in [0.15, 0.2) is 5.78 Å². The molecule has 1 fully saturated rings. The second-order valence-electron chi connectivity index (χ2n) is 5.36. The fourth-order valence-electron chi connectivity index (χ4n) is 3.09. The van der Waals surface area contributed by atoms with Crippen molar-refractivity contribution in [2.45, 2.75) is 44.5 Å². The molecule has 20 heavy (non-hydrogen) atoms. The van der Waals surface area contributed by atoms with Gasteiger partial charge in [0.2, 0.25) is 0 Å². The van der Waals surface area contributed by atoms with Gasteiger partial charge in [-0.1, -0.05) is 19.1 Å². The smallest absolute Gasteiger partial charge is 0.161 e. The number of hydrogen-bond acceptors (Lipinski definition) is 3. The number of benzene rings is 1. The Morgan fingerprint density at radius 3 is 2.75 bits per heavy atom. The van der Waals surface area contributed by atoms with E-state index in [-0.39, 0.29) is 11.9 Å². The van der Waals surface area contributed by atoms with E-state index in [2.05, 4.69) is 34.7 Å². The zero-order valence-electron chi connectivity index (χ0n) is 11.3. The summed E-state index contributed by atoms with van der Waals surface area (Å²) in [5, 5.41) is 10.1. The summed E-state index contributed by atoms with van der Waals surface area (Å²) in [4.78, 5) is 12.3. The Labute approximate surface area is 132 Å². The Balaban J connectivity index is 2.09. The van der Waals surface area contributed by atoms with Gasteiger partial charge in [0.05, 0.1) is 12.2 Å². The molecule has 1 N–H and O–H groups in total. The number of carbonyl (C=O) groups is 1. The van der Waals surface area contributed by atoms with Gasteiger partial charge in [0, 0.05) is 22.0 Å². The first kappa shape index (κ1) is 14.2. The molecule has 1 aromatic carbocycles. The number of ketones is 1. The second-order valence-corrected chi connectivity index (χ2v) is 6.61. The van der Waals surface area contributed by atoms with Crippen LogP contribution in [0.1, 0.15) is 31.7 Å². The summed E-state index contributed by atoms with van der Waals surface area (Å²) < 4.78 is 6.96. The first-order chi connectivity index (χ1) is 9.60. The lowest BCUT2D eigenvalue weighted by Crippen LogP contribution is -2.30. The molecule has 1 aromatic rings. The van der Waals surface area contributed by atoms with Crippen LogP contribution in [0.4, 0.5) is 0 Å². The molecule has 0 amide bonds. The first-order valence-corrected chi connectivity index (χ1v) is 8.03. The molecule has 0 spiro atoms. The van der Waals surface area contributed by atoms with Crippen LogP contribution in [0.2, 0.25) is 0 Å². The topological polar surface area (TPSA) is 46.5 Å². The van der Waals surface area contributed by atoms with Crippen molar-refractivity contribution in [3.05, 3.63) is 39.0 Å². The van der Waals surface area contributed by atoms with E-state index in [9.17, 15) is 9.90 Å². The Hall–Kier alpha value is -0.720. The number of rotatable bonds is 3. The second kappa shape index (κ2) is 5.58. The normalized spacial score (nSPS) is 28.9. The van der Waals surface area contributed by atoms with Crippen molar-refractivity contribution in [2.75, 3.05) is 0 Å². The minimum atomic E-state index is -0.549. The number of Topliss-reactive ketones (excluding diaryl/α,β-unsaturated/α-hetero) is 1. The van der Waals surface area contributed by atoms with E-state index in [4.69, 9.17) is 4.74 Å². The molecule has 2 unspecified atom stereocenters. The summed E-state index contributed by atoms with van der Waals surface area (Å²) in [6.45, 7) is 1.86. The van der Waals surface area contributed by atoms with Gasteiger partial charge in [-0.2, -0.15) is 0 Å². The lowest BCUT2D eigenvalue weighted by molar-refractivity contribution is -0.117. The van der Waals surface area contributed by atoms with Gasteiger partial charge in [-0.15, -0.1) is 0 Å². The van der Waals surface area contributed by atoms with E-state index >= 15 is 0 Å². The first-order valence-electron chi connectivity index (χ1n) is 6.96. The van der Waals surface area contributed by atoms with E-state index in [0.29, 0.717) is 18.4 Å². The quantitative estimate of drug-likeness (QED) is 0.816. The zero-order valence-corrected chi connectivity index (χ0v) is 13.5. The lowest BCUT2D eigenvalue weighted by Gasteiger charge is -2.27. The van der Waals surface area contributed by atoms with E-state index in [1.54, 1.807) is 0 Å². The minimum absolute atomic E-state index is 0.0395. The maximum Gasteiger partial charge on any atom is 0.161 e. The van der Waals surface area contributed by atoms with Crippen molar-refractivity contribution in [3.8, 4) is 0 Å². The molecule has 3 nitrogen and oxygen atoms in total. The number of aliphatic hydroxyl groups is 1. The maximum atomic E-state index is 12.3. The average Bonchev–Trinajstić information content (AvgIpc) is 2.74. The highest BCUT2D eigenvalue weighted by atomic mass is 127. The van der Waals surface area contributed by atoms with Gasteiger partial charge in [-0.3, -0.25) is 4.79 Å². The molecular weight excluding hydrogens is 367 g/mol. The van der Waals surface area contributed by atoms with Crippen LogP contribution in [0, 0.1) is 3.57 Å². The van der Waals surface area contributed by atoms with Crippen LogP contribution in [0.3, 0.4) is 0 Å². The molecule has 0 saturated carbocycles. The Kier molecular flexibility index (Phi) is 3.97. The molecule has 1 saturated heterocycles. The van der Waals surface area contributed by atoms with Crippen LogP contribution in [0.25, 0.3) is 5.57 Å². The summed E-state index contributed by atoms with van der Waals surface area (Å²) in [5.74, 6) is 0.0861. The Bertz CT molecular complexity index is 562. The highest BCUT2D eigenvalue weighted by molar-refractivity contribution is 14.1. The average molecular weight is 384 g/mol. The maximum absolute atomic E-state index is 12.3. The monoisotopic (exact) mass is 384 g/mol. The summed E-state index contributed by atoms with van der Waals surface area (Å²) >= 11 is 2.27. The zero-order chi connectivity index (χ0) is 14.3. The van der Waals surface area contributed by atoms with Crippen LogP contribution in [0.15, 0.2) is 29.8 Å². The summed E-state index contributed by atoms with van der Waals surface area (Å²) in [7, 11) is 0. The summed E-state index contributed by atoms with van der Waals surface area (Å²) in [6, 6.07) is 8.20. The highest BCUT2D eigenvalue weighted by Gasteiger charge is 2.43. The molecule has 2 aliphatic rings. The molecule has 3 rings (SSSR count). The molecule has 0 radical (unpaired) electrons. The van der Waals surface area contributed by atoms with E-state index in [1.807, 2.05) is 19.1 Å². The van der Waals surface area contributed by atoms with E-state index in [0.717, 1.165) is 17.6 Å². The molecule has 2 aliphatic heterocycles. The van der Waals surface area contributed by atoms with Gasteiger partial charge in [-0.25, -0.2) is 0 Å². The van der Waals surface area contributed by atoms with Crippen LogP contribution in [-0.2, 0) is 9.53 Å². The largest absolute Gasteiger partial charge is 0.390 e. The van der Waals surface area contributed by atoms with Crippen molar-refractivity contribution >= 4 is 33.9 Å². The number of ether oxygens (including phenoxy) is 1. The van der Waals surface area contributed by atoms with Crippen LogP contribution in [-0.4, -0.2) is 29.2 Å². The standard InChI is InChI=1S/C16H17IO3/c1-2-13(18)15-12(9-3-5-10(17)6-4-9)7-11-8-14(19)16(15)20-11/h3-6,11,14,16,19H,2,7-8H2,1H3/t11?,14?,16-/m0/s1. The molecule has 4 heteroatoms. The van der Waals surface area contributed by atoms with Crippen LogP contribution in [0.5, 0.6) is 0 Å². The van der Waals surface area contributed by atoms with E-state index < -0.39 is 12.2 Å². The van der Waals surface area contributed by atoms with Crippen LogP contribution < -0.4 is 0 Å². The molecule has 0 aliphatic carbocycles. The van der Waals surface area contributed by atoms with Gasteiger partial charge < -0.3 is 9.84 Å². The van der Waals surface area contributed by atoms with Gasteiger partial charge >= 0.3 is 0 Å². The number of halogens is 1. The Morgan fingerprint density at radius 1 is 1.40 bits per heavy atom. The van der Waals surface area contributed by atoms with Crippen molar-refractivity contribution in [1.82, 2.24) is 0 Å². The predicted octanol–water partition coefficient (Wildman–Crippen LogP) is 2.95. The molecular formula is C16H17IO3. The fourth-order valence-corrected chi connectivity index (χ4v) is 3.45. The third-order valence-corrected chi connectivity index (χ3v) is 4.77. The van der Waals surface area contributed by atoms with E-state index in [1.165, 1.54) is 3.57 Å². The highest BCUT2D eigenvalue weighted by Crippen LogP contribution is 2.41. The number of hydrogen-bond donors (Lipinski definition) is 1. The van der Waals surface area contributed by atoms with Crippen LogP contribution >= 0.6 is 22.6 Å². The third kappa shape index (κ3) is 2.44. The van der Waals surface area contributed by atoms with Gasteiger partial charge in [0.25, 0.3) is 0 Å². The lowest BCUT2D eigenvalue weighted by atomic mass is 9.89. The van der Waals surface area contributed by atoms with Crippen molar-refractivity contribution in [2.24, 2.45) is 0 Å². The van der Waals surface area contributed by atoms with Gasteiger partial charge in [0.1, 0.15) is 6.10 Å². The number of fused-ring (bicyclic) bond motifs is 2. The molecule has 106 valence electrons. The molecule has 0 aromatic heterocycles. The fraction of sp³-hybridized carbons (Fsp3) is 0.438. The molecule has 2 bridgehead atoms. The van der Waals surface area contributed by atoms with Crippen molar-refractivity contribution in [1.29, 1.82) is 0 Å². The third-order valence-electron chi connectivity index (χ3n) is 4.05. The summed E-state index contributed by atoms with van der Waals surface area (Å²) in [5.41, 5.74) is 2.83. The summed E-state index contributed by atoms with van der Waals surface area (Å²) in [6.07, 6.45) is 0.842. The number of aliphatic hydroxyl groups excluding tert-OH is 1. The van der Waals surface area contributed by atoms with Crippen molar-refractivity contribution < 1.29 is 14.6 Å².